The van der Waals surface area contributed by atoms with E-state index in [0.29, 0.717) is 18.3 Å². The zero-order chi connectivity index (χ0) is 13.1. The number of aromatic nitrogens is 1. The first-order chi connectivity index (χ1) is 8.58. The Morgan fingerprint density at radius 1 is 1.56 bits per heavy atom. The van der Waals surface area contributed by atoms with Crippen molar-refractivity contribution in [3.8, 4) is 0 Å². The minimum absolute atomic E-state index is 0.0834. The fourth-order valence-electron chi connectivity index (χ4n) is 2.01. The van der Waals surface area contributed by atoms with E-state index in [1.807, 2.05) is 6.07 Å². The lowest BCUT2D eigenvalue weighted by atomic mass is 10.1. The minimum Gasteiger partial charge on any atom is -0.477 e. The molecule has 1 atom stereocenters. The van der Waals surface area contributed by atoms with Gasteiger partial charge >= 0.3 is 5.97 Å². The summed E-state index contributed by atoms with van der Waals surface area (Å²) < 4.78 is 5.68. The average Bonchev–Trinajstić information content (AvgIpc) is 2.39. The summed E-state index contributed by atoms with van der Waals surface area (Å²) >= 11 is 0. The van der Waals surface area contributed by atoms with Crippen LogP contribution in [0.15, 0.2) is 18.2 Å². The first-order valence-corrected chi connectivity index (χ1v) is 6.15. The van der Waals surface area contributed by atoms with Crippen LogP contribution in [-0.2, 0) is 4.74 Å². The summed E-state index contributed by atoms with van der Waals surface area (Å²) in [5.41, 5.74) is 0.0834. The number of ether oxygens (including phenoxy) is 1. The van der Waals surface area contributed by atoms with Gasteiger partial charge in [-0.1, -0.05) is 19.9 Å². The fraction of sp³-hybridized carbons (Fsp3) is 0.538. The lowest BCUT2D eigenvalue weighted by Gasteiger charge is -2.35. The molecule has 0 aromatic carbocycles. The molecule has 0 aliphatic carbocycles. The van der Waals surface area contributed by atoms with Crippen LogP contribution in [0.25, 0.3) is 0 Å². The number of hydrogen-bond donors (Lipinski definition) is 1. The molecule has 1 saturated heterocycles. The maximum absolute atomic E-state index is 10.9. The summed E-state index contributed by atoms with van der Waals surface area (Å²) in [7, 11) is 0. The van der Waals surface area contributed by atoms with Gasteiger partial charge in [-0.15, -0.1) is 0 Å². The van der Waals surface area contributed by atoms with E-state index >= 15 is 0 Å². The molecule has 1 aliphatic heterocycles. The van der Waals surface area contributed by atoms with Crippen molar-refractivity contribution < 1.29 is 14.6 Å². The Kier molecular flexibility index (Phi) is 3.81. The maximum atomic E-state index is 10.9. The molecule has 0 bridgehead atoms. The number of morpholine rings is 1. The van der Waals surface area contributed by atoms with Crippen molar-refractivity contribution in [3.63, 3.8) is 0 Å². The predicted octanol–water partition coefficient (Wildman–Crippen LogP) is 1.64. The van der Waals surface area contributed by atoms with Crippen LogP contribution in [0, 0.1) is 5.92 Å². The molecule has 1 fully saturated rings. The van der Waals surface area contributed by atoms with Crippen molar-refractivity contribution in [2.75, 3.05) is 24.6 Å². The van der Waals surface area contributed by atoms with E-state index in [4.69, 9.17) is 9.84 Å². The van der Waals surface area contributed by atoms with Gasteiger partial charge in [-0.05, 0) is 18.1 Å². The summed E-state index contributed by atoms with van der Waals surface area (Å²) in [5, 5.41) is 8.94. The molecule has 0 saturated carbocycles. The van der Waals surface area contributed by atoms with Crippen LogP contribution in [0.4, 0.5) is 5.82 Å². The zero-order valence-electron chi connectivity index (χ0n) is 10.7. The van der Waals surface area contributed by atoms with E-state index in [9.17, 15) is 4.79 Å². The molecule has 1 aromatic heterocycles. The second kappa shape index (κ2) is 5.35. The minimum atomic E-state index is -0.995. The van der Waals surface area contributed by atoms with E-state index in [2.05, 4.69) is 23.7 Å². The molecule has 1 aliphatic rings. The van der Waals surface area contributed by atoms with Gasteiger partial charge in [-0.25, -0.2) is 9.78 Å². The molecular formula is C13H18N2O3. The van der Waals surface area contributed by atoms with E-state index in [1.165, 1.54) is 6.07 Å². The van der Waals surface area contributed by atoms with Crippen LogP contribution in [-0.4, -0.2) is 41.9 Å². The summed E-state index contributed by atoms with van der Waals surface area (Å²) in [6, 6.07) is 5.08. The van der Waals surface area contributed by atoms with Crippen LogP contribution in [0.3, 0.4) is 0 Å². The van der Waals surface area contributed by atoms with Gasteiger partial charge in [-0.2, -0.15) is 0 Å². The molecule has 1 unspecified atom stereocenters. The summed E-state index contributed by atoms with van der Waals surface area (Å²) in [5.74, 6) is 0.157. The molecule has 2 rings (SSSR count). The lowest BCUT2D eigenvalue weighted by Crippen LogP contribution is -2.45. The largest absolute Gasteiger partial charge is 0.477 e. The predicted molar refractivity (Wildman–Crippen MR) is 68.0 cm³/mol. The highest BCUT2D eigenvalue weighted by Gasteiger charge is 2.24. The highest BCUT2D eigenvalue weighted by Crippen LogP contribution is 2.19. The topological polar surface area (TPSA) is 62.7 Å². The van der Waals surface area contributed by atoms with Crippen molar-refractivity contribution >= 4 is 11.8 Å². The Morgan fingerprint density at radius 3 is 3.00 bits per heavy atom. The summed E-state index contributed by atoms with van der Waals surface area (Å²) in [4.78, 5) is 17.1. The van der Waals surface area contributed by atoms with Gasteiger partial charge in [0.2, 0.25) is 0 Å². The van der Waals surface area contributed by atoms with Gasteiger partial charge < -0.3 is 14.7 Å². The van der Waals surface area contributed by atoms with Gasteiger partial charge in [0, 0.05) is 13.1 Å². The van der Waals surface area contributed by atoms with Gasteiger partial charge in [-0.3, -0.25) is 0 Å². The molecule has 0 amide bonds. The second-order valence-electron chi connectivity index (χ2n) is 4.79. The van der Waals surface area contributed by atoms with Crippen LogP contribution >= 0.6 is 0 Å². The van der Waals surface area contributed by atoms with E-state index in [0.717, 1.165) is 13.1 Å². The first-order valence-electron chi connectivity index (χ1n) is 6.15. The molecule has 5 nitrogen and oxygen atoms in total. The monoisotopic (exact) mass is 250 g/mol. The van der Waals surface area contributed by atoms with Crippen LogP contribution in [0.2, 0.25) is 0 Å². The number of hydrogen-bond acceptors (Lipinski definition) is 4. The third-order valence-corrected chi connectivity index (χ3v) is 3.11. The molecule has 2 heterocycles. The fourth-order valence-corrected chi connectivity index (χ4v) is 2.01. The number of aromatic carboxylic acids is 1. The van der Waals surface area contributed by atoms with Crippen molar-refractivity contribution in [2.24, 2.45) is 5.92 Å². The Hall–Kier alpha value is -1.62. The molecule has 1 N–H and O–H groups in total. The van der Waals surface area contributed by atoms with Crippen molar-refractivity contribution in [1.29, 1.82) is 0 Å². The average molecular weight is 250 g/mol. The molecule has 98 valence electrons. The highest BCUT2D eigenvalue weighted by atomic mass is 16.5. The number of carboxylic acid groups (broad SMARTS) is 1. The second-order valence-corrected chi connectivity index (χ2v) is 4.79. The quantitative estimate of drug-likeness (QED) is 0.883. The number of carbonyl (C=O) groups is 1. The zero-order valence-corrected chi connectivity index (χ0v) is 10.7. The number of nitrogens with zero attached hydrogens (tertiary/aromatic N) is 2. The number of anilines is 1. The summed E-state index contributed by atoms with van der Waals surface area (Å²) in [6.07, 6.45) is 0.175. The Labute approximate surface area is 106 Å². The van der Waals surface area contributed by atoms with Crippen LogP contribution in [0.5, 0.6) is 0 Å². The van der Waals surface area contributed by atoms with Gasteiger partial charge in [0.1, 0.15) is 5.82 Å². The Balaban J connectivity index is 2.15. The number of carboxylic acids is 1. The van der Waals surface area contributed by atoms with Gasteiger partial charge in [0.15, 0.2) is 5.69 Å². The molecule has 0 radical (unpaired) electrons. The summed E-state index contributed by atoms with van der Waals surface area (Å²) in [6.45, 7) is 6.40. The van der Waals surface area contributed by atoms with E-state index < -0.39 is 5.97 Å². The maximum Gasteiger partial charge on any atom is 0.354 e. The molecule has 18 heavy (non-hydrogen) atoms. The normalized spacial score (nSPS) is 20.2. The van der Waals surface area contributed by atoms with Crippen molar-refractivity contribution in [2.45, 2.75) is 20.0 Å². The Bertz CT molecular complexity index is 434. The lowest BCUT2D eigenvalue weighted by molar-refractivity contribution is 0.0112. The van der Waals surface area contributed by atoms with Crippen molar-refractivity contribution in [1.82, 2.24) is 4.98 Å². The van der Waals surface area contributed by atoms with Gasteiger partial charge in [0.25, 0.3) is 0 Å². The molecule has 1 aromatic rings. The van der Waals surface area contributed by atoms with E-state index in [-0.39, 0.29) is 11.8 Å². The molecule has 5 heteroatoms. The highest BCUT2D eigenvalue weighted by molar-refractivity contribution is 5.85. The van der Waals surface area contributed by atoms with Crippen LogP contribution < -0.4 is 4.90 Å². The van der Waals surface area contributed by atoms with Gasteiger partial charge in [0.05, 0.1) is 12.7 Å². The number of pyridine rings is 1. The van der Waals surface area contributed by atoms with Crippen molar-refractivity contribution in [3.05, 3.63) is 23.9 Å². The third-order valence-electron chi connectivity index (χ3n) is 3.11. The standard InChI is InChI=1S/C13H18N2O3/c1-9(2)11-8-15(6-7-18-11)12-5-3-4-10(14-12)13(16)17/h3-5,9,11H,6-8H2,1-2H3,(H,16,17). The molecular weight excluding hydrogens is 232 g/mol. The SMILES string of the molecule is CC(C)C1CN(c2cccc(C(=O)O)n2)CCO1. The Morgan fingerprint density at radius 2 is 2.33 bits per heavy atom. The molecule has 0 spiro atoms. The smallest absolute Gasteiger partial charge is 0.354 e. The first kappa shape index (κ1) is 12.8. The van der Waals surface area contributed by atoms with Crippen LogP contribution in [0.1, 0.15) is 24.3 Å². The third kappa shape index (κ3) is 2.79. The van der Waals surface area contributed by atoms with E-state index in [1.54, 1.807) is 6.07 Å². The number of rotatable bonds is 3.